The number of thioether (sulfide) groups is 1. The van der Waals surface area contributed by atoms with Crippen LogP contribution in [0.25, 0.3) is 0 Å². The average molecular weight is 205 g/mol. The molecule has 0 aromatic heterocycles. The van der Waals surface area contributed by atoms with Crippen molar-refractivity contribution in [3.63, 3.8) is 0 Å². The van der Waals surface area contributed by atoms with Gasteiger partial charge in [0, 0.05) is 24.8 Å². The van der Waals surface area contributed by atoms with Crippen molar-refractivity contribution < 1.29 is 9.90 Å². The van der Waals surface area contributed by atoms with E-state index in [0.717, 1.165) is 12.2 Å². The highest BCUT2D eigenvalue weighted by Crippen LogP contribution is 2.01. The van der Waals surface area contributed by atoms with Crippen molar-refractivity contribution in [2.45, 2.75) is 32.2 Å². The van der Waals surface area contributed by atoms with Gasteiger partial charge in [0.25, 0.3) is 0 Å². The monoisotopic (exact) mass is 205 g/mol. The van der Waals surface area contributed by atoms with Crippen LogP contribution in [-0.4, -0.2) is 35.7 Å². The van der Waals surface area contributed by atoms with Crippen molar-refractivity contribution in [1.82, 2.24) is 5.32 Å². The lowest BCUT2D eigenvalue weighted by Gasteiger charge is -2.15. The fourth-order valence-corrected chi connectivity index (χ4v) is 1.72. The van der Waals surface area contributed by atoms with Crippen LogP contribution >= 0.6 is 11.8 Å². The Balaban J connectivity index is 3.60. The van der Waals surface area contributed by atoms with Gasteiger partial charge < -0.3 is 10.4 Å². The molecular formula is C9H19NO2S. The van der Waals surface area contributed by atoms with Gasteiger partial charge in [0.15, 0.2) is 0 Å². The smallest absolute Gasteiger partial charge is 0.220 e. The summed E-state index contributed by atoms with van der Waals surface area (Å²) in [5, 5.41) is 11.5. The molecule has 0 aromatic carbocycles. The highest BCUT2D eigenvalue weighted by Gasteiger charge is 2.08. The molecule has 0 saturated heterocycles. The van der Waals surface area contributed by atoms with E-state index >= 15 is 0 Å². The summed E-state index contributed by atoms with van der Waals surface area (Å²) in [6.07, 6.45) is 3.98. The maximum absolute atomic E-state index is 11.2. The number of rotatable bonds is 7. The molecule has 0 radical (unpaired) electrons. The number of nitrogens with one attached hydrogen (secondary N) is 1. The van der Waals surface area contributed by atoms with Crippen LogP contribution in [0.5, 0.6) is 0 Å². The lowest BCUT2D eigenvalue weighted by atomic mass is 10.2. The van der Waals surface area contributed by atoms with E-state index in [9.17, 15) is 4.79 Å². The molecule has 0 aliphatic rings. The molecule has 1 atom stereocenters. The number of aliphatic hydroxyl groups is 1. The number of aliphatic hydroxyl groups excluding tert-OH is 1. The number of hydrogen-bond acceptors (Lipinski definition) is 3. The first-order valence-electron chi connectivity index (χ1n) is 4.63. The number of carbonyl (C=O) groups excluding carboxylic acids is 1. The maximum Gasteiger partial charge on any atom is 0.220 e. The Labute approximate surface area is 84.3 Å². The van der Waals surface area contributed by atoms with E-state index < -0.39 is 0 Å². The first-order valence-corrected chi connectivity index (χ1v) is 6.03. The molecule has 0 rings (SSSR count). The first-order chi connectivity index (χ1) is 6.24. The van der Waals surface area contributed by atoms with E-state index in [1.54, 1.807) is 11.8 Å². The van der Waals surface area contributed by atoms with Crippen LogP contribution in [0.3, 0.4) is 0 Å². The molecule has 0 fully saturated rings. The molecule has 0 spiro atoms. The Kier molecular flexibility index (Phi) is 8.24. The lowest BCUT2D eigenvalue weighted by molar-refractivity contribution is -0.121. The number of amides is 1. The van der Waals surface area contributed by atoms with Crippen molar-refractivity contribution in [1.29, 1.82) is 0 Å². The second kappa shape index (κ2) is 8.38. The summed E-state index contributed by atoms with van der Waals surface area (Å²) < 4.78 is 0. The molecule has 0 aliphatic heterocycles. The molecule has 13 heavy (non-hydrogen) atoms. The van der Waals surface area contributed by atoms with Crippen molar-refractivity contribution in [2.75, 3.05) is 18.6 Å². The van der Waals surface area contributed by atoms with Gasteiger partial charge in [-0.2, -0.15) is 11.8 Å². The van der Waals surface area contributed by atoms with Crippen molar-refractivity contribution in [3.05, 3.63) is 0 Å². The third kappa shape index (κ3) is 6.90. The molecule has 0 saturated carbocycles. The Morgan fingerprint density at radius 2 is 2.31 bits per heavy atom. The Hall–Kier alpha value is -0.220. The summed E-state index contributed by atoms with van der Waals surface area (Å²) in [5.41, 5.74) is 0. The van der Waals surface area contributed by atoms with Gasteiger partial charge in [-0.05, 0) is 19.1 Å². The minimum atomic E-state index is 0.0509. The van der Waals surface area contributed by atoms with Gasteiger partial charge in [-0.15, -0.1) is 0 Å². The summed E-state index contributed by atoms with van der Waals surface area (Å²) in [6, 6.07) is 0.279. The van der Waals surface area contributed by atoms with Crippen LogP contribution in [0, 0.1) is 0 Å². The minimum Gasteiger partial charge on any atom is -0.396 e. The Bertz CT molecular complexity index is 142. The molecule has 2 N–H and O–H groups in total. The van der Waals surface area contributed by atoms with Crippen molar-refractivity contribution in [2.24, 2.45) is 0 Å². The van der Waals surface area contributed by atoms with Crippen molar-refractivity contribution >= 4 is 17.7 Å². The fourth-order valence-electron chi connectivity index (χ4n) is 1.00. The van der Waals surface area contributed by atoms with Crippen LogP contribution in [-0.2, 0) is 4.79 Å². The fraction of sp³-hybridized carbons (Fsp3) is 0.889. The summed E-state index contributed by atoms with van der Waals surface area (Å²) in [5.74, 6) is 1.01. The molecule has 78 valence electrons. The third-order valence-corrected chi connectivity index (χ3v) is 2.52. The van der Waals surface area contributed by atoms with Gasteiger partial charge in [-0.1, -0.05) is 6.92 Å². The zero-order valence-corrected chi connectivity index (χ0v) is 9.19. The molecule has 4 heteroatoms. The Morgan fingerprint density at radius 3 is 2.77 bits per heavy atom. The van der Waals surface area contributed by atoms with E-state index in [0.29, 0.717) is 12.8 Å². The lowest BCUT2D eigenvalue weighted by Crippen LogP contribution is -2.36. The number of carbonyl (C=O) groups is 1. The quantitative estimate of drug-likeness (QED) is 0.652. The highest BCUT2D eigenvalue weighted by molar-refractivity contribution is 7.98. The van der Waals surface area contributed by atoms with E-state index in [1.807, 2.05) is 6.26 Å². The van der Waals surface area contributed by atoms with Crippen LogP contribution in [0.2, 0.25) is 0 Å². The van der Waals surface area contributed by atoms with E-state index in [-0.39, 0.29) is 18.6 Å². The van der Waals surface area contributed by atoms with Gasteiger partial charge >= 0.3 is 0 Å². The molecule has 3 nitrogen and oxygen atoms in total. The van der Waals surface area contributed by atoms with Crippen LogP contribution in [0.15, 0.2) is 0 Å². The van der Waals surface area contributed by atoms with Gasteiger partial charge in [0.05, 0.1) is 0 Å². The SMILES string of the molecule is CCC(CSC)NC(=O)CCCO. The molecular weight excluding hydrogens is 186 g/mol. The summed E-state index contributed by atoms with van der Waals surface area (Å²) in [6.45, 7) is 2.15. The Morgan fingerprint density at radius 1 is 1.62 bits per heavy atom. The van der Waals surface area contributed by atoms with E-state index in [4.69, 9.17) is 5.11 Å². The predicted octanol–water partition coefficient (Wildman–Crippen LogP) is 1.02. The van der Waals surface area contributed by atoms with E-state index in [1.165, 1.54) is 0 Å². The second-order valence-corrected chi connectivity index (χ2v) is 3.87. The highest BCUT2D eigenvalue weighted by atomic mass is 32.2. The van der Waals surface area contributed by atoms with Crippen LogP contribution in [0.1, 0.15) is 26.2 Å². The average Bonchev–Trinajstić information content (AvgIpc) is 2.14. The summed E-state index contributed by atoms with van der Waals surface area (Å²) in [7, 11) is 0. The molecule has 1 unspecified atom stereocenters. The molecule has 0 aromatic rings. The topological polar surface area (TPSA) is 49.3 Å². The molecule has 0 heterocycles. The predicted molar refractivity (Wildman–Crippen MR) is 56.9 cm³/mol. The van der Waals surface area contributed by atoms with Gasteiger partial charge in [0.1, 0.15) is 0 Å². The molecule has 1 amide bonds. The second-order valence-electron chi connectivity index (χ2n) is 2.96. The van der Waals surface area contributed by atoms with E-state index in [2.05, 4.69) is 12.2 Å². The summed E-state index contributed by atoms with van der Waals surface area (Å²) >= 11 is 1.74. The molecule has 0 aliphatic carbocycles. The molecule has 0 bridgehead atoms. The first kappa shape index (κ1) is 12.8. The maximum atomic E-state index is 11.2. The van der Waals surface area contributed by atoms with Gasteiger partial charge in [-0.25, -0.2) is 0 Å². The summed E-state index contributed by atoms with van der Waals surface area (Å²) in [4.78, 5) is 11.2. The van der Waals surface area contributed by atoms with Gasteiger partial charge in [0.2, 0.25) is 5.91 Å². The van der Waals surface area contributed by atoms with Crippen LogP contribution < -0.4 is 5.32 Å². The number of hydrogen-bond donors (Lipinski definition) is 2. The third-order valence-electron chi connectivity index (χ3n) is 1.79. The van der Waals surface area contributed by atoms with Crippen LogP contribution in [0.4, 0.5) is 0 Å². The van der Waals surface area contributed by atoms with Crippen molar-refractivity contribution in [3.8, 4) is 0 Å². The largest absolute Gasteiger partial charge is 0.396 e. The normalized spacial score (nSPS) is 12.5. The zero-order chi connectivity index (χ0) is 10.1. The van der Waals surface area contributed by atoms with Gasteiger partial charge in [-0.3, -0.25) is 4.79 Å². The minimum absolute atomic E-state index is 0.0509. The zero-order valence-electron chi connectivity index (χ0n) is 8.38. The standard InChI is InChI=1S/C9H19NO2S/c1-3-8(7-13-2)10-9(12)5-4-6-11/h8,11H,3-7H2,1-2H3,(H,10,12).